The molecule has 9 heteroatoms. The van der Waals surface area contributed by atoms with E-state index >= 15 is 0 Å². The normalized spacial score (nSPS) is 15.2. The van der Waals surface area contributed by atoms with Gasteiger partial charge < -0.3 is 14.2 Å². The Balaban J connectivity index is 1.76. The number of morpholine rings is 1. The first-order valence-electron chi connectivity index (χ1n) is 8.27. The van der Waals surface area contributed by atoms with E-state index in [0.717, 1.165) is 0 Å². The van der Waals surface area contributed by atoms with Crippen molar-refractivity contribution in [2.24, 2.45) is 0 Å². The van der Waals surface area contributed by atoms with Crippen molar-refractivity contribution in [2.45, 2.75) is 25.3 Å². The smallest absolute Gasteiger partial charge is 0.254 e. The SMILES string of the molecule is Cc1noc(C)c1CNS(=O)(=O)c1cccc(C(=O)N2CCOCC2)c1. The monoisotopic (exact) mass is 379 g/mol. The number of nitrogens with one attached hydrogen (secondary N) is 1. The van der Waals surface area contributed by atoms with Crippen molar-refractivity contribution in [1.29, 1.82) is 0 Å². The molecule has 0 saturated carbocycles. The maximum atomic E-state index is 12.6. The number of amides is 1. The molecule has 1 fully saturated rings. The van der Waals surface area contributed by atoms with Crippen LogP contribution in [0.1, 0.15) is 27.4 Å². The fourth-order valence-electron chi connectivity index (χ4n) is 2.75. The molecule has 0 spiro atoms. The fraction of sp³-hybridized carbons (Fsp3) is 0.412. The van der Waals surface area contributed by atoms with Crippen LogP contribution >= 0.6 is 0 Å². The molecule has 1 aromatic heterocycles. The van der Waals surface area contributed by atoms with Gasteiger partial charge in [-0.3, -0.25) is 4.79 Å². The molecule has 1 aromatic carbocycles. The van der Waals surface area contributed by atoms with Crippen molar-refractivity contribution in [2.75, 3.05) is 26.3 Å². The highest BCUT2D eigenvalue weighted by molar-refractivity contribution is 7.89. The van der Waals surface area contributed by atoms with Crippen molar-refractivity contribution in [3.05, 3.63) is 46.8 Å². The summed E-state index contributed by atoms with van der Waals surface area (Å²) in [5.41, 5.74) is 1.68. The quantitative estimate of drug-likeness (QED) is 0.839. The molecule has 0 bridgehead atoms. The van der Waals surface area contributed by atoms with Crippen molar-refractivity contribution >= 4 is 15.9 Å². The molecule has 140 valence electrons. The van der Waals surface area contributed by atoms with E-state index < -0.39 is 10.0 Å². The lowest BCUT2D eigenvalue weighted by molar-refractivity contribution is 0.0302. The van der Waals surface area contributed by atoms with E-state index in [4.69, 9.17) is 9.26 Å². The summed E-state index contributed by atoms with van der Waals surface area (Å²) in [6.45, 7) is 5.53. The van der Waals surface area contributed by atoms with Crippen molar-refractivity contribution in [1.82, 2.24) is 14.8 Å². The van der Waals surface area contributed by atoms with E-state index in [1.54, 1.807) is 30.9 Å². The number of aryl methyl sites for hydroxylation is 2. The van der Waals surface area contributed by atoms with E-state index in [-0.39, 0.29) is 17.3 Å². The summed E-state index contributed by atoms with van der Waals surface area (Å²) >= 11 is 0. The third kappa shape index (κ3) is 3.95. The van der Waals surface area contributed by atoms with Crippen molar-refractivity contribution in [3.63, 3.8) is 0 Å². The number of nitrogens with zero attached hydrogens (tertiary/aromatic N) is 2. The van der Waals surface area contributed by atoms with Gasteiger partial charge in [-0.15, -0.1) is 0 Å². The highest BCUT2D eigenvalue weighted by atomic mass is 32.2. The molecule has 2 heterocycles. The van der Waals surface area contributed by atoms with Crippen LogP contribution in [0.2, 0.25) is 0 Å². The first kappa shape index (κ1) is 18.6. The minimum atomic E-state index is -3.77. The van der Waals surface area contributed by atoms with Crippen LogP contribution in [0, 0.1) is 13.8 Å². The number of carbonyl (C=O) groups excluding carboxylic acids is 1. The predicted molar refractivity (Wildman–Crippen MR) is 93.2 cm³/mol. The molecule has 2 aromatic rings. The summed E-state index contributed by atoms with van der Waals surface area (Å²) < 4.78 is 38.0. The number of hydrogen-bond donors (Lipinski definition) is 1. The number of aromatic nitrogens is 1. The van der Waals surface area contributed by atoms with E-state index in [1.165, 1.54) is 12.1 Å². The van der Waals surface area contributed by atoms with Crippen LogP contribution in [-0.2, 0) is 21.3 Å². The second-order valence-corrected chi connectivity index (χ2v) is 7.83. The molecule has 0 unspecified atom stereocenters. The number of carbonyl (C=O) groups is 1. The number of rotatable bonds is 5. The Bertz CT molecular complexity index is 881. The molecule has 3 rings (SSSR count). The Kier molecular flexibility index (Phi) is 5.40. The Morgan fingerprint density at radius 1 is 1.27 bits per heavy atom. The zero-order valence-corrected chi connectivity index (χ0v) is 15.5. The van der Waals surface area contributed by atoms with Crippen LogP contribution in [0.25, 0.3) is 0 Å². The van der Waals surface area contributed by atoms with Crippen LogP contribution in [-0.4, -0.2) is 50.7 Å². The zero-order chi connectivity index (χ0) is 18.7. The number of hydrogen-bond acceptors (Lipinski definition) is 6. The van der Waals surface area contributed by atoms with E-state index in [9.17, 15) is 13.2 Å². The standard InChI is InChI=1S/C17H21N3O5S/c1-12-16(13(2)25-19-12)11-18-26(22,23)15-5-3-4-14(10-15)17(21)20-6-8-24-9-7-20/h3-5,10,18H,6-9,11H2,1-2H3. The van der Waals surface area contributed by atoms with Crippen LogP contribution in [0.15, 0.2) is 33.7 Å². The van der Waals surface area contributed by atoms with Gasteiger partial charge in [0, 0.05) is 30.8 Å². The molecule has 0 atom stereocenters. The average molecular weight is 379 g/mol. The van der Waals surface area contributed by atoms with Gasteiger partial charge in [-0.25, -0.2) is 13.1 Å². The van der Waals surface area contributed by atoms with Crippen LogP contribution in [0.5, 0.6) is 0 Å². The Morgan fingerprint density at radius 2 is 2.00 bits per heavy atom. The minimum Gasteiger partial charge on any atom is -0.378 e. The first-order chi connectivity index (χ1) is 12.4. The molecule has 0 aliphatic carbocycles. The van der Waals surface area contributed by atoms with E-state index in [0.29, 0.717) is 48.9 Å². The fourth-order valence-corrected chi connectivity index (χ4v) is 3.79. The second-order valence-electron chi connectivity index (χ2n) is 6.06. The van der Waals surface area contributed by atoms with Gasteiger partial charge in [0.1, 0.15) is 5.76 Å². The van der Waals surface area contributed by atoms with Gasteiger partial charge in [0.15, 0.2) is 0 Å². The molecule has 8 nitrogen and oxygen atoms in total. The molecule has 1 saturated heterocycles. The van der Waals surface area contributed by atoms with Gasteiger partial charge in [-0.05, 0) is 32.0 Å². The Hall–Kier alpha value is -2.23. The van der Waals surface area contributed by atoms with Gasteiger partial charge >= 0.3 is 0 Å². The summed E-state index contributed by atoms with van der Waals surface area (Å²) in [4.78, 5) is 14.3. The van der Waals surface area contributed by atoms with Crippen LogP contribution in [0.3, 0.4) is 0 Å². The van der Waals surface area contributed by atoms with Gasteiger partial charge in [-0.2, -0.15) is 0 Å². The summed E-state index contributed by atoms with van der Waals surface area (Å²) in [6, 6.07) is 6.04. The van der Waals surface area contributed by atoms with Gasteiger partial charge in [-0.1, -0.05) is 11.2 Å². The molecule has 1 aliphatic rings. The van der Waals surface area contributed by atoms with Crippen molar-refractivity contribution in [3.8, 4) is 0 Å². The molecule has 0 radical (unpaired) electrons. The van der Waals surface area contributed by atoms with Gasteiger partial charge in [0.25, 0.3) is 5.91 Å². The average Bonchev–Trinajstić information content (AvgIpc) is 2.98. The summed E-state index contributed by atoms with van der Waals surface area (Å²) in [5, 5.41) is 3.81. The summed E-state index contributed by atoms with van der Waals surface area (Å²) in [7, 11) is -3.77. The first-order valence-corrected chi connectivity index (χ1v) is 9.75. The number of benzene rings is 1. The third-order valence-corrected chi connectivity index (χ3v) is 5.71. The van der Waals surface area contributed by atoms with Gasteiger partial charge in [0.2, 0.25) is 10.0 Å². The highest BCUT2D eigenvalue weighted by Crippen LogP contribution is 2.16. The molecule has 1 amide bonds. The maximum absolute atomic E-state index is 12.6. The number of sulfonamides is 1. The lowest BCUT2D eigenvalue weighted by Crippen LogP contribution is -2.40. The lowest BCUT2D eigenvalue weighted by Gasteiger charge is -2.27. The largest absolute Gasteiger partial charge is 0.378 e. The second kappa shape index (κ2) is 7.56. The molecular weight excluding hydrogens is 358 g/mol. The lowest BCUT2D eigenvalue weighted by atomic mass is 10.2. The topological polar surface area (TPSA) is 102 Å². The molecule has 1 N–H and O–H groups in total. The summed E-state index contributed by atoms with van der Waals surface area (Å²) in [6.07, 6.45) is 0. The van der Waals surface area contributed by atoms with E-state index in [2.05, 4.69) is 9.88 Å². The zero-order valence-electron chi connectivity index (χ0n) is 14.7. The molecular formula is C17H21N3O5S. The van der Waals surface area contributed by atoms with Crippen molar-refractivity contribution < 1.29 is 22.5 Å². The molecule has 26 heavy (non-hydrogen) atoms. The van der Waals surface area contributed by atoms with Crippen LogP contribution < -0.4 is 4.72 Å². The van der Waals surface area contributed by atoms with Gasteiger partial charge in [0.05, 0.1) is 23.8 Å². The number of ether oxygens (including phenoxy) is 1. The minimum absolute atomic E-state index is 0.0448. The molecule has 1 aliphatic heterocycles. The Labute approximate surface area is 152 Å². The summed E-state index contributed by atoms with van der Waals surface area (Å²) in [5.74, 6) is 0.373. The van der Waals surface area contributed by atoms with E-state index in [1.807, 2.05) is 0 Å². The predicted octanol–water partition coefficient (Wildman–Crippen LogP) is 1.24. The highest BCUT2D eigenvalue weighted by Gasteiger charge is 2.22. The maximum Gasteiger partial charge on any atom is 0.254 e. The Morgan fingerprint density at radius 3 is 2.65 bits per heavy atom. The van der Waals surface area contributed by atoms with Crippen LogP contribution in [0.4, 0.5) is 0 Å². The third-order valence-electron chi connectivity index (χ3n) is 4.31.